The highest BCUT2D eigenvalue weighted by Gasteiger charge is 2.35. The Morgan fingerprint density at radius 2 is 1.63 bits per heavy atom. The van der Waals surface area contributed by atoms with Crippen LogP contribution in [0.3, 0.4) is 0 Å². The molecule has 3 aromatic rings. The van der Waals surface area contributed by atoms with Gasteiger partial charge >= 0.3 is 12.1 Å². The molecule has 7 heteroatoms. The van der Waals surface area contributed by atoms with Crippen LogP contribution in [0, 0.1) is 0 Å². The molecule has 3 rings (SSSR count). The lowest BCUT2D eigenvalue weighted by molar-refractivity contribution is -0.141. The van der Waals surface area contributed by atoms with Crippen LogP contribution in [0.15, 0.2) is 60.7 Å². The SMILES string of the molecule is COc1ccc(-c2nc(C(F)(F)F)cc(-c3ccccc3)c2C(=O)O)cc1. The zero-order valence-electron chi connectivity index (χ0n) is 14.1. The van der Waals surface area contributed by atoms with Crippen LogP contribution < -0.4 is 4.74 Å². The van der Waals surface area contributed by atoms with E-state index in [1.807, 2.05) is 0 Å². The maximum Gasteiger partial charge on any atom is 0.433 e. The molecule has 2 aromatic carbocycles. The molecule has 0 amide bonds. The van der Waals surface area contributed by atoms with Crippen molar-refractivity contribution in [1.29, 1.82) is 0 Å². The second-order valence-electron chi connectivity index (χ2n) is 5.68. The van der Waals surface area contributed by atoms with E-state index in [9.17, 15) is 23.1 Å². The molecule has 27 heavy (non-hydrogen) atoms. The van der Waals surface area contributed by atoms with Gasteiger partial charge in [-0.3, -0.25) is 0 Å². The van der Waals surface area contributed by atoms with E-state index in [1.54, 1.807) is 30.3 Å². The summed E-state index contributed by atoms with van der Waals surface area (Å²) in [5.41, 5.74) is -1.14. The number of benzene rings is 2. The number of ether oxygens (including phenoxy) is 1. The molecule has 0 saturated carbocycles. The monoisotopic (exact) mass is 373 g/mol. The third-order valence-electron chi connectivity index (χ3n) is 3.97. The fourth-order valence-corrected chi connectivity index (χ4v) is 2.71. The molecule has 1 aromatic heterocycles. The molecule has 4 nitrogen and oxygen atoms in total. The molecule has 0 fully saturated rings. The second-order valence-corrected chi connectivity index (χ2v) is 5.68. The lowest BCUT2D eigenvalue weighted by Crippen LogP contribution is -2.13. The topological polar surface area (TPSA) is 59.4 Å². The van der Waals surface area contributed by atoms with Crippen molar-refractivity contribution in [3.8, 4) is 28.1 Å². The first-order valence-corrected chi connectivity index (χ1v) is 7.86. The second kappa shape index (κ2) is 7.11. The van der Waals surface area contributed by atoms with Crippen LogP contribution in [0.5, 0.6) is 5.75 Å². The summed E-state index contributed by atoms with van der Waals surface area (Å²) in [6, 6.07) is 14.8. The molecule has 0 radical (unpaired) electrons. The van der Waals surface area contributed by atoms with Crippen molar-refractivity contribution in [2.75, 3.05) is 7.11 Å². The Kier molecular flexibility index (Phi) is 4.85. The van der Waals surface area contributed by atoms with Gasteiger partial charge in [-0.15, -0.1) is 0 Å². The third kappa shape index (κ3) is 3.76. The average Bonchev–Trinajstić information content (AvgIpc) is 2.67. The van der Waals surface area contributed by atoms with Crippen LogP contribution in [-0.2, 0) is 6.18 Å². The highest BCUT2D eigenvalue weighted by Crippen LogP contribution is 2.37. The number of carboxylic acid groups (broad SMARTS) is 1. The highest BCUT2D eigenvalue weighted by atomic mass is 19.4. The molecule has 0 saturated heterocycles. The largest absolute Gasteiger partial charge is 0.497 e. The third-order valence-corrected chi connectivity index (χ3v) is 3.97. The predicted molar refractivity (Wildman–Crippen MR) is 93.6 cm³/mol. The number of hydrogen-bond donors (Lipinski definition) is 1. The van der Waals surface area contributed by atoms with Crippen LogP contribution in [0.25, 0.3) is 22.4 Å². The maximum atomic E-state index is 13.4. The van der Waals surface area contributed by atoms with Crippen LogP contribution in [0.1, 0.15) is 16.1 Å². The standard InChI is InChI=1S/C20H14F3NO3/c1-27-14-9-7-13(8-10-14)18-17(19(25)26)15(12-5-3-2-4-6-12)11-16(24-18)20(21,22)23/h2-11H,1H3,(H,25,26). The number of carbonyl (C=O) groups is 1. The van der Waals surface area contributed by atoms with Crippen LogP contribution in [0.4, 0.5) is 13.2 Å². The van der Waals surface area contributed by atoms with Gasteiger partial charge in [-0.25, -0.2) is 9.78 Å². The Balaban J connectivity index is 2.34. The van der Waals surface area contributed by atoms with Gasteiger partial charge in [-0.1, -0.05) is 30.3 Å². The number of pyridine rings is 1. The van der Waals surface area contributed by atoms with E-state index in [2.05, 4.69) is 4.98 Å². The van der Waals surface area contributed by atoms with Crippen molar-refractivity contribution in [2.45, 2.75) is 6.18 Å². The lowest BCUT2D eigenvalue weighted by atomic mass is 9.95. The number of alkyl halides is 3. The zero-order chi connectivity index (χ0) is 19.6. The molecule has 0 aliphatic rings. The van der Waals surface area contributed by atoms with E-state index in [-0.39, 0.29) is 22.4 Å². The smallest absolute Gasteiger partial charge is 0.433 e. The number of hydrogen-bond acceptors (Lipinski definition) is 3. The minimum Gasteiger partial charge on any atom is -0.497 e. The first kappa shape index (κ1) is 18.4. The molecule has 1 heterocycles. The van der Waals surface area contributed by atoms with Gasteiger partial charge in [0.05, 0.1) is 18.4 Å². The van der Waals surface area contributed by atoms with Crippen LogP contribution >= 0.6 is 0 Å². The van der Waals surface area contributed by atoms with E-state index < -0.39 is 17.8 Å². The Morgan fingerprint density at radius 3 is 2.15 bits per heavy atom. The van der Waals surface area contributed by atoms with Gasteiger partial charge in [0, 0.05) is 11.1 Å². The number of aromatic nitrogens is 1. The van der Waals surface area contributed by atoms with E-state index in [0.717, 1.165) is 6.07 Å². The molecular weight excluding hydrogens is 359 g/mol. The Hall–Kier alpha value is -3.35. The Morgan fingerprint density at radius 1 is 1.00 bits per heavy atom. The number of carboxylic acids is 1. The van der Waals surface area contributed by atoms with Gasteiger partial charge in [0.15, 0.2) is 0 Å². The van der Waals surface area contributed by atoms with Gasteiger partial charge in [-0.05, 0) is 35.9 Å². The van der Waals surface area contributed by atoms with Crippen molar-refractivity contribution in [1.82, 2.24) is 4.98 Å². The van der Waals surface area contributed by atoms with Gasteiger partial charge in [0.1, 0.15) is 11.4 Å². The molecule has 0 bridgehead atoms. The molecule has 0 unspecified atom stereocenters. The molecular formula is C20H14F3NO3. The van der Waals surface area contributed by atoms with Gasteiger partial charge < -0.3 is 9.84 Å². The summed E-state index contributed by atoms with van der Waals surface area (Å²) in [7, 11) is 1.45. The first-order valence-electron chi connectivity index (χ1n) is 7.86. The molecule has 0 aliphatic carbocycles. The molecule has 138 valence electrons. The molecule has 1 N–H and O–H groups in total. The van der Waals surface area contributed by atoms with Crippen LogP contribution in [0.2, 0.25) is 0 Å². The van der Waals surface area contributed by atoms with Gasteiger partial charge in [-0.2, -0.15) is 13.2 Å². The summed E-state index contributed by atoms with van der Waals surface area (Å²) < 4.78 is 45.2. The first-order chi connectivity index (χ1) is 12.8. The molecule has 0 atom stereocenters. The van der Waals surface area contributed by atoms with Crippen molar-refractivity contribution < 1.29 is 27.8 Å². The van der Waals surface area contributed by atoms with Crippen molar-refractivity contribution in [3.05, 3.63) is 71.9 Å². The number of halogens is 3. The molecule has 0 spiro atoms. The summed E-state index contributed by atoms with van der Waals surface area (Å²) >= 11 is 0. The number of aromatic carboxylic acids is 1. The summed E-state index contributed by atoms with van der Waals surface area (Å²) in [5.74, 6) is -0.869. The fourth-order valence-electron chi connectivity index (χ4n) is 2.71. The Bertz CT molecular complexity index is 968. The van der Waals surface area contributed by atoms with Crippen molar-refractivity contribution >= 4 is 5.97 Å². The van der Waals surface area contributed by atoms with Crippen LogP contribution in [-0.4, -0.2) is 23.2 Å². The maximum absolute atomic E-state index is 13.4. The van der Waals surface area contributed by atoms with Gasteiger partial charge in [0.25, 0.3) is 0 Å². The normalized spacial score (nSPS) is 11.3. The van der Waals surface area contributed by atoms with Crippen molar-refractivity contribution in [2.24, 2.45) is 0 Å². The van der Waals surface area contributed by atoms with Crippen molar-refractivity contribution in [3.63, 3.8) is 0 Å². The Labute approximate surface area is 152 Å². The lowest BCUT2D eigenvalue weighted by Gasteiger charge is -2.16. The minimum atomic E-state index is -4.72. The van der Waals surface area contributed by atoms with E-state index in [0.29, 0.717) is 11.3 Å². The number of nitrogens with zero attached hydrogens (tertiary/aromatic N) is 1. The minimum absolute atomic E-state index is 0.0451. The number of methoxy groups -OCH3 is 1. The van der Waals surface area contributed by atoms with E-state index in [4.69, 9.17) is 4.74 Å². The zero-order valence-corrected chi connectivity index (χ0v) is 14.1. The summed E-state index contributed by atoms with van der Waals surface area (Å²) in [4.78, 5) is 15.6. The summed E-state index contributed by atoms with van der Waals surface area (Å²) in [6.45, 7) is 0. The van der Waals surface area contributed by atoms with E-state index in [1.165, 1.54) is 31.4 Å². The molecule has 0 aliphatic heterocycles. The quantitative estimate of drug-likeness (QED) is 0.688. The number of rotatable bonds is 4. The van der Waals surface area contributed by atoms with Gasteiger partial charge in [0.2, 0.25) is 0 Å². The highest BCUT2D eigenvalue weighted by molar-refractivity contribution is 6.02. The average molecular weight is 373 g/mol. The fraction of sp³-hybridized carbons (Fsp3) is 0.100. The summed E-state index contributed by atoms with van der Waals surface area (Å²) in [6.07, 6.45) is -4.72. The summed E-state index contributed by atoms with van der Waals surface area (Å²) in [5, 5.41) is 9.72. The van der Waals surface area contributed by atoms with E-state index >= 15 is 0 Å². The predicted octanol–water partition coefficient (Wildman–Crippen LogP) is 5.14.